The van der Waals surface area contributed by atoms with Crippen LogP contribution in [0.1, 0.15) is 29.8 Å². The average Bonchev–Trinajstić information content (AvgIpc) is 2.55. The van der Waals surface area contributed by atoms with Crippen LogP contribution in [0.15, 0.2) is 12.1 Å². The van der Waals surface area contributed by atoms with E-state index in [0.29, 0.717) is 25.8 Å². The van der Waals surface area contributed by atoms with Crippen LogP contribution < -0.4 is 15.1 Å². The fourth-order valence-electron chi connectivity index (χ4n) is 3.08. The maximum atomic E-state index is 12.2. The Bertz CT molecular complexity index is 719. The molecule has 0 bridgehead atoms. The highest BCUT2D eigenvalue weighted by atomic mass is 16.5. The lowest BCUT2D eigenvalue weighted by atomic mass is 9.78. The van der Waals surface area contributed by atoms with Crippen molar-refractivity contribution in [3.05, 3.63) is 23.3 Å². The zero-order valence-corrected chi connectivity index (χ0v) is 14.8. The van der Waals surface area contributed by atoms with Gasteiger partial charge in [0.05, 0.1) is 19.1 Å². The number of rotatable bonds is 5. The van der Waals surface area contributed by atoms with Crippen LogP contribution in [0.3, 0.4) is 0 Å². The molecule has 2 heterocycles. The highest BCUT2D eigenvalue weighted by Crippen LogP contribution is 2.37. The van der Waals surface area contributed by atoms with Crippen molar-refractivity contribution in [3.8, 4) is 11.5 Å². The number of fused-ring (bicyclic) bond motifs is 1. The third kappa shape index (κ3) is 3.49. The van der Waals surface area contributed by atoms with Gasteiger partial charge in [-0.1, -0.05) is 19.9 Å². The molecule has 0 radical (unpaired) electrons. The van der Waals surface area contributed by atoms with Gasteiger partial charge >= 0.3 is 13.1 Å². The number of amides is 1. The number of carbonyl (C=O) groups excluding carboxylic acids is 1. The number of benzene rings is 1. The first-order valence-corrected chi connectivity index (χ1v) is 8.72. The van der Waals surface area contributed by atoms with Gasteiger partial charge in [-0.2, -0.15) is 0 Å². The summed E-state index contributed by atoms with van der Waals surface area (Å²) in [5.41, 5.74) is 6.51. The second-order valence-corrected chi connectivity index (χ2v) is 7.10. The molecule has 140 valence electrons. The molecule has 1 fully saturated rings. The third-order valence-corrected chi connectivity index (χ3v) is 4.79. The summed E-state index contributed by atoms with van der Waals surface area (Å²) in [5, 5.41) is 19.2. The highest BCUT2D eigenvalue weighted by molar-refractivity contribution is 6.44. The molecule has 2 aliphatic rings. The van der Waals surface area contributed by atoms with Gasteiger partial charge in [-0.3, -0.25) is 4.79 Å². The van der Waals surface area contributed by atoms with Crippen LogP contribution >= 0.6 is 0 Å². The number of aromatic carboxylic acids is 1. The smallest absolute Gasteiger partial charge is 0.522 e. The van der Waals surface area contributed by atoms with Crippen LogP contribution in [0.4, 0.5) is 0 Å². The summed E-state index contributed by atoms with van der Waals surface area (Å²) in [6.07, 6.45) is 0.653. The number of carbonyl (C=O) groups is 2. The molecule has 0 unspecified atom stereocenters. The van der Waals surface area contributed by atoms with Crippen LogP contribution in [0.25, 0.3) is 0 Å². The molecule has 0 aliphatic carbocycles. The molecule has 9 heteroatoms. The van der Waals surface area contributed by atoms with Crippen LogP contribution in [0.5, 0.6) is 11.5 Å². The summed E-state index contributed by atoms with van der Waals surface area (Å²) >= 11 is 0. The number of carboxylic acid groups (broad SMARTS) is 1. The Morgan fingerprint density at radius 1 is 1.38 bits per heavy atom. The standard InChI is InChI=1S/C17H23BN2O6/c1-9(2)14(19)16(21)20-7-11(8-20)25-12-4-3-10-5-6-18(24)26-15(10)13(12)17(22)23/h3-4,9,11,14,24H,5-8,19H2,1-2H3,(H,22,23)/t14-/m1/s1. The van der Waals surface area contributed by atoms with Crippen molar-refractivity contribution in [1.29, 1.82) is 0 Å². The Morgan fingerprint density at radius 3 is 2.69 bits per heavy atom. The molecule has 1 saturated heterocycles. The van der Waals surface area contributed by atoms with Gasteiger partial charge in [-0.05, 0) is 30.3 Å². The number of aryl methyl sites for hydroxylation is 1. The molecule has 3 rings (SSSR count). The summed E-state index contributed by atoms with van der Waals surface area (Å²) in [6.45, 7) is 4.49. The SMILES string of the molecule is CC(C)[C@@H](N)C(=O)N1CC(Oc2ccc3c(c2C(=O)O)OB(O)CC3)C1. The van der Waals surface area contributed by atoms with E-state index in [1.807, 2.05) is 13.8 Å². The quantitative estimate of drug-likeness (QED) is 0.647. The number of nitrogens with zero attached hydrogens (tertiary/aromatic N) is 1. The maximum absolute atomic E-state index is 12.2. The second-order valence-electron chi connectivity index (χ2n) is 7.10. The largest absolute Gasteiger partial charge is 0.535 e. The highest BCUT2D eigenvalue weighted by Gasteiger charge is 2.37. The number of hydrogen-bond donors (Lipinski definition) is 3. The van der Waals surface area contributed by atoms with Gasteiger partial charge < -0.3 is 30.2 Å². The van der Waals surface area contributed by atoms with Crippen molar-refractivity contribution in [3.63, 3.8) is 0 Å². The number of carboxylic acids is 1. The zero-order valence-electron chi connectivity index (χ0n) is 14.8. The van der Waals surface area contributed by atoms with Gasteiger partial charge in [-0.15, -0.1) is 0 Å². The Morgan fingerprint density at radius 2 is 2.08 bits per heavy atom. The third-order valence-electron chi connectivity index (χ3n) is 4.79. The fraction of sp³-hybridized carbons (Fsp3) is 0.529. The molecule has 2 aliphatic heterocycles. The molecule has 0 aromatic heterocycles. The number of nitrogens with two attached hydrogens (primary N) is 1. The number of ether oxygens (including phenoxy) is 1. The molecular weight excluding hydrogens is 339 g/mol. The van der Waals surface area contributed by atoms with Crippen LogP contribution in [0.2, 0.25) is 6.32 Å². The molecule has 1 aromatic rings. The molecular formula is C17H23BN2O6. The fourth-order valence-corrected chi connectivity index (χ4v) is 3.08. The molecule has 4 N–H and O–H groups in total. The van der Waals surface area contributed by atoms with E-state index in [4.69, 9.17) is 15.1 Å². The van der Waals surface area contributed by atoms with E-state index < -0.39 is 19.1 Å². The molecule has 0 saturated carbocycles. The van der Waals surface area contributed by atoms with Crippen molar-refractivity contribution in [2.24, 2.45) is 11.7 Å². The summed E-state index contributed by atoms with van der Waals surface area (Å²) in [5.74, 6) is -0.931. The Kier molecular flexibility index (Phi) is 5.11. The van der Waals surface area contributed by atoms with Crippen molar-refractivity contribution >= 4 is 19.0 Å². The van der Waals surface area contributed by atoms with Gasteiger partial charge in [0.2, 0.25) is 5.91 Å². The summed E-state index contributed by atoms with van der Waals surface area (Å²) < 4.78 is 11.1. The van der Waals surface area contributed by atoms with E-state index >= 15 is 0 Å². The lowest BCUT2D eigenvalue weighted by Gasteiger charge is -2.41. The van der Waals surface area contributed by atoms with E-state index in [0.717, 1.165) is 5.56 Å². The molecule has 8 nitrogen and oxygen atoms in total. The molecule has 0 spiro atoms. The Hall–Kier alpha value is -2.26. The van der Waals surface area contributed by atoms with Crippen LogP contribution in [-0.2, 0) is 11.2 Å². The van der Waals surface area contributed by atoms with Crippen LogP contribution in [-0.4, -0.2) is 59.3 Å². The molecule has 1 atom stereocenters. The summed E-state index contributed by atoms with van der Waals surface area (Å²) in [7, 11) is -1.02. The van der Waals surface area contributed by atoms with E-state index in [-0.39, 0.29) is 35.0 Å². The lowest BCUT2D eigenvalue weighted by Crippen LogP contribution is -2.60. The first-order valence-electron chi connectivity index (χ1n) is 8.72. The normalized spacial score (nSPS) is 18.0. The van der Waals surface area contributed by atoms with E-state index in [1.165, 1.54) is 0 Å². The first-order chi connectivity index (χ1) is 12.3. The van der Waals surface area contributed by atoms with Gasteiger partial charge in [0, 0.05) is 0 Å². The van der Waals surface area contributed by atoms with Gasteiger partial charge in [0.15, 0.2) is 0 Å². The minimum Gasteiger partial charge on any atom is -0.535 e. The van der Waals surface area contributed by atoms with Crippen molar-refractivity contribution in [1.82, 2.24) is 4.90 Å². The van der Waals surface area contributed by atoms with E-state index in [2.05, 4.69) is 0 Å². The predicted octanol–water partition coefficient (Wildman–Crippen LogP) is 0.373. The van der Waals surface area contributed by atoms with Crippen molar-refractivity contribution in [2.45, 2.75) is 38.7 Å². The monoisotopic (exact) mass is 362 g/mol. The topological polar surface area (TPSA) is 122 Å². The van der Waals surface area contributed by atoms with Gasteiger partial charge in [0.25, 0.3) is 0 Å². The minimum absolute atomic E-state index is 0.0466. The Balaban J connectivity index is 1.71. The molecule has 1 amide bonds. The van der Waals surface area contributed by atoms with Gasteiger partial charge in [0.1, 0.15) is 23.2 Å². The summed E-state index contributed by atoms with van der Waals surface area (Å²) in [4.78, 5) is 25.5. The number of likely N-dealkylation sites (tertiary alicyclic amines) is 1. The lowest BCUT2D eigenvalue weighted by molar-refractivity contribution is -0.142. The molecule has 26 heavy (non-hydrogen) atoms. The molecule has 1 aromatic carbocycles. The van der Waals surface area contributed by atoms with E-state index in [1.54, 1.807) is 17.0 Å². The van der Waals surface area contributed by atoms with Crippen molar-refractivity contribution < 1.29 is 29.1 Å². The summed E-state index contributed by atoms with van der Waals surface area (Å²) in [6, 6.07) is 2.80. The van der Waals surface area contributed by atoms with E-state index in [9.17, 15) is 19.7 Å². The number of hydrogen-bond acceptors (Lipinski definition) is 6. The van der Waals surface area contributed by atoms with Crippen LogP contribution in [0, 0.1) is 5.92 Å². The zero-order chi connectivity index (χ0) is 19.0. The predicted molar refractivity (Wildman–Crippen MR) is 94.3 cm³/mol. The Labute approximate surface area is 152 Å². The van der Waals surface area contributed by atoms with Gasteiger partial charge in [-0.25, -0.2) is 4.79 Å². The minimum atomic E-state index is -1.18. The second kappa shape index (κ2) is 7.16. The average molecular weight is 362 g/mol. The maximum Gasteiger partial charge on any atom is 0.522 e. The van der Waals surface area contributed by atoms with Crippen molar-refractivity contribution in [2.75, 3.05) is 13.1 Å². The first kappa shape index (κ1) is 18.5.